The van der Waals surface area contributed by atoms with Crippen molar-refractivity contribution in [3.63, 3.8) is 0 Å². The van der Waals surface area contributed by atoms with Crippen molar-refractivity contribution >= 4 is 6.03 Å². The number of rotatable bonds is 1. The number of carbonyl (C=O) groups excluding carboxylic acids is 1. The van der Waals surface area contributed by atoms with Crippen molar-refractivity contribution in [3.8, 4) is 0 Å². The molecule has 2 bridgehead atoms. The fourth-order valence-electron chi connectivity index (χ4n) is 5.13. The Labute approximate surface area is 153 Å². The topological polar surface area (TPSA) is 35.6 Å². The van der Waals surface area contributed by atoms with Crippen LogP contribution in [-0.4, -0.2) is 53.1 Å². The molecule has 0 unspecified atom stereocenters. The highest BCUT2D eigenvalue weighted by Gasteiger charge is 2.55. The fraction of sp³-hybridized carbons (Fsp3) is 0.650. The largest absolute Gasteiger partial charge is 0.333 e. The molecule has 1 aromatic carbocycles. The second kappa shape index (κ2) is 6.19. The molecule has 0 spiro atoms. The van der Waals surface area contributed by atoms with E-state index in [0.29, 0.717) is 18.0 Å². The quantitative estimate of drug-likeness (QED) is 0.831. The van der Waals surface area contributed by atoms with Gasteiger partial charge in [0.1, 0.15) is 0 Å². The number of nitrogens with zero attached hydrogens (tertiary/aromatic N) is 2. The molecule has 4 saturated heterocycles. The number of amides is 2. The van der Waals surface area contributed by atoms with Gasteiger partial charge in [0, 0.05) is 24.0 Å². The monoisotopic (exact) mass is 363 g/mol. The maximum absolute atomic E-state index is 14.5. The Hall–Kier alpha value is -1.69. The van der Waals surface area contributed by atoms with E-state index >= 15 is 0 Å². The van der Waals surface area contributed by atoms with Gasteiger partial charge in [0.2, 0.25) is 0 Å². The summed E-state index contributed by atoms with van der Waals surface area (Å²) in [4.78, 5) is 17.2. The number of piperidine rings is 3. The van der Waals surface area contributed by atoms with Crippen molar-refractivity contribution in [2.45, 2.75) is 57.2 Å². The number of hydrogen-bond acceptors (Lipinski definition) is 2. The van der Waals surface area contributed by atoms with Gasteiger partial charge in [0.05, 0.1) is 6.04 Å². The minimum absolute atomic E-state index is 0.0736. The molecule has 6 heteroatoms. The SMILES string of the molecule is CC(C)(C)NC(=O)N1C[C@H](c2cccc(F)c2F)[C@H]2[C@@H]1C1CCN2CC1. The molecule has 5 rings (SSSR count). The van der Waals surface area contributed by atoms with Gasteiger partial charge in [-0.3, -0.25) is 4.90 Å². The summed E-state index contributed by atoms with van der Waals surface area (Å²) in [5, 5.41) is 3.05. The predicted molar refractivity (Wildman–Crippen MR) is 96.0 cm³/mol. The smallest absolute Gasteiger partial charge is 0.318 e. The molecule has 2 amide bonds. The maximum Gasteiger partial charge on any atom is 0.318 e. The number of hydrogen-bond donors (Lipinski definition) is 1. The van der Waals surface area contributed by atoms with E-state index in [1.54, 1.807) is 12.1 Å². The zero-order valence-electron chi connectivity index (χ0n) is 15.6. The summed E-state index contributed by atoms with van der Waals surface area (Å²) < 4.78 is 28.4. The normalized spacial score (nSPS) is 33.3. The van der Waals surface area contributed by atoms with Gasteiger partial charge in [-0.1, -0.05) is 12.1 Å². The Kier molecular flexibility index (Phi) is 4.21. The van der Waals surface area contributed by atoms with Crippen LogP contribution in [0.3, 0.4) is 0 Å². The molecule has 142 valence electrons. The first-order valence-electron chi connectivity index (χ1n) is 9.53. The first kappa shape index (κ1) is 17.7. The molecule has 4 nitrogen and oxygen atoms in total. The molecule has 3 atom stereocenters. The molecule has 26 heavy (non-hydrogen) atoms. The highest BCUT2D eigenvalue weighted by atomic mass is 19.2. The standard InChI is InChI=1S/C20H27F2N3O/c1-20(2,3)23-19(26)25-11-14(13-5-4-6-15(21)16(13)22)18-17(25)12-7-9-24(18)10-8-12/h4-6,12,14,17-18H,7-11H2,1-3H3,(H,23,26)/t14-,17+,18+/m1/s1. The van der Waals surface area contributed by atoms with Crippen LogP contribution >= 0.6 is 0 Å². The minimum Gasteiger partial charge on any atom is -0.333 e. The van der Waals surface area contributed by atoms with Crippen molar-refractivity contribution in [2.75, 3.05) is 19.6 Å². The molecular formula is C20H27F2N3O. The van der Waals surface area contributed by atoms with Crippen LogP contribution in [0.25, 0.3) is 0 Å². The van der Waals surface area contributed by atoms with E-state index < -0.39 is 11.6 Å². The number of likely N-dealkylation sites (tertiary alicyclic amines) is 1. The summed E-state index contributed by atoms with van der Waals surface area (Å²) in [6.45, 7) is 8.27. The molecule has 0 aromatic heterocycles. The van der Waals surface area contributed by atoms with Crippen molar-refractivity contribution in [2.24, 2.45) is 5.92 Å². The lowest BCUT2D eigenvalue weighted by Crippen LogP contribution is -2.62. The number of nitrogens with one attached hydrogen (secondary N) is 1. The third-order valence-corrected chi connectivity index (χ3v) is 6.12. The van der Waals surface area contributed by atoms with Crippen LogP contribution in [-0.2, 0) is 0 Å². The van der Waals surface area contributed by atoms with Gasteiger partial charge in [0.25, 0.3) is 0 Å². The molecule has 4 aliphatic heterocycles. The highest BCUT2D eigenvalue weighted by Crippen LogP contribution is 2.47. The Morgan fingerprint density at radius 3 is 2.50 bits per heavy atom. The zero-order chi connectivity index (χ0) is 18.6. The average Bonchev–Trinajstić information content (AvgIpc) is 3.00. The summed E-state index contributed by atoms with van der Waals surface area (Å²) in [6, 6.07) is 4.45. The average molecular weight is 363 g/mol. The van der Waals surface area contributed by atoms with Crippen molar-refractivity contribution < 1.29 is 13.6 Å². The molecule has 0 radical (unpaired) electrons. The lowest BCUT2D eigenvalue weighted by atomic mass is 9.75. The van der Waals surface area contributed by atoms with Gasteiger partial charge in [0.15, 0.2) is 11.6 Å². The molecule has 4 heterocycles. The van der Waals surface area contributed by atoms with Gasteiger partial charge >= 0.3 is 6.03 Å². The summed E-state index contributed by atoms with van der Waals surface area (Å²) in [6.07, 6.45) is 2.14. The maximum atomic E-state index is 14.5. The van der Waals surface area contributed by atoms with Crippen LogP contribution in [0.15, 0.2) is 18.2 Å². The predicted octanol–water partition coefficient (Wildman–Crippen LogP) is 3.33. The number of fused-ring (bicyclic) bond motifs is 2. The van der Waals surface area contributed by atoms with E-state index in [1.165, 1.54) is 0 Å². The Morgan fingerprint density at radius 1 is 1.15 bits per heavy atom. The van der Waals surface area contributed by atoms with Gasteiger partial charge < -0.3 is 10.2 Å². The number of benzene rings is 1. The minimum atomic E-state index is -0.812. The third-order valence-electron chi connectivity index (χ3n) is 6.12. The number of urea groups is 1. The Balaban J connectivity index is 1.70. The van der Waals surface area contributed by atoms with Crippen LogP contribution in [0, 0.1) is 17.6 Å². The Bertz CT molecular complexity index is 709. The van der Waals surface area contributed by atoms with Crippen molar-refractivity contribution in [3.05, 3.63) is 35.4 Å². The molecule has 1 N–H and O–H groups in total. The molecule has 0 aliphatic carbocycles. The van der Waals surface area contributed by atoms with Gasteiger partial charge in [-0.15, -0.1) is 0 Å². The van der Waals surface area contributed by atoms with Gasteiger partial charge in [-0.2, -0.15) is 0 Å². The lowest BCUT2D eigenvalue weighted by Gasteiger charge is -2.51. The molecule has 4 fully saturated rings. The first-order valence-corrected chi connectivity index (χ1v) is 9.53. The Morgan fingerprint density at radius 2 is 1.85 bits per heavy atom. The van der Waals surface area contributed by atoms with E-state index in [9.17, 15) is 13.6 Å². The summed E-state index contributed by atoms with van der Waals surface area (Å²) in [5.41, 5.74) is 0.0709. The lowest BCUT2D eigenvalue weighted by molar-refractivity contribution is 0.00273. The summed E-state index contributed by atoms with van der Waals surface area (Å²) in [5.74, 6) is -1.33. The summed E-state index contributed by atoms with van der Waals surface area (Å²) in [7, 11) is 0. The highest BCUT2D eigenvalue weighted by molar-refractivity contribution is 5.76. The van der Waals surface area contributed by atoms with E-state index in [2.05, 4.69) is 10.2 Å². The van der Waals surface area contributed by atoms with Crippen LogP contribution in [0.2, 0.25) is 0 Å². The van der Waals surface area contributed by atoms with Crippen LogP contribution < -0.4 is 5.32 Å². The van der Waals surface area contributed by atoms with E-state index in [0.717, 1.165) is 32.0 Å². The van der Waals surface area contributed by atoms with Gasteiger partial charge in [-0.25, -0.2) is 13.6 Å². The molecule has 1 aromatic rings. The number of carbonyl (C=O) groups is 1. The van der Waals surface area contributed by atoms with E-state index in [4.69, 9.17) is 0 Å². The van der Waals surface area contributed by atoms with E-state index in [1.807, 2.05) is 25.7 Å². The van der Waals surface area contributed by atoms with Crippen molar-refractivity contribution in [1.82, 2.24) is 15.1 Å². The molecule has 4 aliphatic rings. The van der Waals surface area contributed by atoms with Crippen LogP contribution in [0.1, 0.15) is 45.1 Å². The first-order chi connectivity index (χ1) is 12.3. The van der Waals surface area contributed by atoms with Crippen LogP contribution in [0.4, 0.5) is 13.6 Å². The second-order valence-corrected chi connectivity index (χ2v) is 8.94. The zero-order valence-corrected chi connectivity index (χ0v) is 15.6. The van der Waals surface area contributed by atoms with Crippen molar-refractivity contribution in [1.29, 1.82) is 0 Å². The number of halogens is 2. The molecular weight excluding hydrogens is 336 g/mol. The third kappa shape index (κ3) is 2.88. The van der Waals surface area contributed by atoms with Crippen LogP contribution in [0.5, 0.6) is 0 Å². The molecule has 0 saturated carbocycles. The van der Waals surface area contributed by atoms with Gasteiger partial charge in [-0.05, 0) is 64.3 Å². The second-order valence-electron chi connectivity index (χ2n) is 8.94. The van der Waals surface area contributed by atoms with E-state index in [-0.39, 0.29) is 29.6 Å². The summed E-state index contributed by atoms with van der Waals surface area (Å²) >= 11 is 0. The fourth-order valence-corrected chi connectivity index (χ4v) is 5.13.